The topological polar surface area (TPSA) is 105 Å². The monoisotopic (exact) mass is 522 g/mol. The first kappa shape index (κ1) is 26.6. The quantitative estimate of drug-likeness (QED) is 0.557. The Labute approximate surface area is 198 Å². The molecule has 0 unspecified atom stereocenters. The van der Waals surface area contributed by atoms with Gasteiger partial charge >= 0.3 is 6.18 Å². The number of alkyl halides is 3. The summed E-state index contributed by atoms with van der Waals surface area (Å²) in [4.78, 5) is 18.1. The highest BCUT2D eigenvalue weighted by molar-refractivity contribution is 7.91. The Balaban J connectivity index is 2.12. The molecular formula is C21H23F5N4O4S. The van der Waals surface area contributed by atoms with E-state index >= 15 is 0 Å². The fourth-order valence-corrected chi connectivity index (χ4v) is 4.83. The number of rotatable bonds is 6. The molecule has 0 spiro atoms. The van der Waals surface area contributed by atoms with Crippen molar-refractivity contribution in [3.63, 3.8) is 0 Å². The maximum atomic E-state index is 14.4. The molecule has 192 valence electrons. The van der Waals surface area contributed by atoms with Crippen LogP contribution in [0, 0.1) is 16.4 Å². The summed E-state index contributed by atoms with van der Waals surface area (Å²) in [7, 11) is -1.36. The molecule has 1 aliphatic rings. The van der Waals surface area contributed by atoms with Crippen molar-refractivity contribution >= 4 is 27.0 Å². The summed E-state index contributed by atoms with van der Waals surface area (Å²) >= 11 is 0. The molecule has 3 rings (SSSR count). The number of hydrogen-bond acceptors (Lipinski definition) is 7. The molecule has 2 aromatic rings. The second kappa shape index (κ2) is 9.22. The number of aromatic nitrogens is 1. The lowest BCUT2D eigenvalue weighted by molar-refractivity contribution is -0.270. The molecule has 35 heavy (non-hydrogen) atoms. The lowest BCUT2D eigenvalue weighted by Gasteiger charge is -2.37. The van der Waals surface area contributed by atoms with Gasteiger partial charge in [0, 0.05) is 31.7 Å². The zero-order chi connectivity index (χ0) is 26.3. The van der Waals surface area contributed by atoms with Crippen LogP contribution in [0.5, 0.6) is 5.75 Å². The van der Waals surface area contributed by atoms with Crippen molar-refractivity contribution < 1.29 is 40.4 Å². The zero-order valence-corrected chi connectivity index (χ0v) is 19.9. The number of pyridine rings is 1. The lowest BCUT2D eigenvalue weighted by atomic mass is 9.92. The van der Waals surface area contributed by atoms with Crippen LogP contribution in [-0.2, 0) is 19.3 Å². The average Bonchev–Trinajstić information content (AvgIpc) is 3.08. The molecule has 4 atom stereocenters. The van der Waals surface area contributed by atoms with E-state index in [1.165, 1.54) is 18.3 Å². The molecule has 0 saturated carbocycles. The van der Waals surface area contributed by atoms with E-state index in [0.29, 0.717) is 0 Å². The van der Waals surface area contributed by atoms with Crippen LogP contribution in [0.3, 0.4) is 0 Å². The van der Waals surface area contributed by atoms with Gasteiger partial charge in [-0.05, 0) is 31.2 Å². The van der Waals surface area contributed by atoms with Gasteiger partial charge in [-0.2, -0.15) is 17.6 Å². The third kappa shape index (κ3) is 4.63. The van der Waals surface area contributed by atoms with Crippen LogP contribution in [0.25, 0.3) is 0 Å². The molecule has 1 amide bonds. The number of nitrogens with zero attached hydrogens (tertiary/aromatic N) is 2. The largest absolute Gasteiger partial charge is 0.491 e. The summed E-state index contributed by atoms with van der Waals surface area (Å²) in [5.74, 6) is -4.31. The second-order valence-corrected chi connectivity index (χ2v) is 10.1. The van der Waals surface area contributed by atoms with Crippen LogP contribution in [0.1, 0.15) is 13.3 Å². The Morgan fingerprint density at radius 2 is 1.94 bits per heavy atom. The minimum Gasteiger partial charge on any atom is -0.491 e. The fourth-order valence-electron chi connectivity index (χ4n) is 4.21. The molecule has 1 aliphatic heterocycles. The van der Waals surface area contributed by atoms with Gasteiger partial charge in [-0.25, -0.2) is 18.4 Å². The molecule has 1 fully saturated rings. The van der Waals surface area contributed by atoms with Gasteiger partial charge in [0.2, 0.25) is 11.7 Å². The third-order valence-corrected chi connectivity index (χ3v) is 7.01. The number of methoxy groups -OCH3 is 2. The number of hydrogen-bond donors (Lipinski definition) is 2. The molecule has 1 aromatic carbocycles. The number of carbonyl (C=O) groups excluding carboxylic acids is 1. The zero-order valence-electron chi connectivity index (χ0n) is 19.1. The number of amides is 1. The molecule has 0 radical (unpaired) electrons. The van der Waals surface area contributed by atoms with E-state index in [0.717, 1.165) is 44.4 Å². The highest BCUT2D eigenvalue weighted by Gasteiger charge is 2.67. The molecule has 2 heterocycles. The Hall–Kier alpha value is -3.00. The van der Waals surface area contributed by atoms with E-state index < -0.39 is 63.3 Å². The number of halogens is 5. The molecule has 14 heteroatoms. The number of benzene rings is 1. The normalized spacial score (nSPS) is 24.2. The molecule has 1 aromatic heterocycles. The van der Waals surface area contributed by atoms with E-state index in [4.69, 9.17) is 14.3 Å². The van der Waals surface area contributed by atoms with Gasteiger partial charge in [0.25, 0.3) is 0 Å². The molecule has 0 aliphatic carbocycles. The van der Waals surface area contributed by atoms with Crippen LogP contribution in [0.4, 0.5) is 33.3 Å². The summed E-state index contributed by atoms with van der Waals surface area (Å²) < 4.78 is 100. The van der Waals surface area contributed by atoms with Gasteiger partial charge in [-0.3, -0.25) is 4.79 Å². The van der Waals surface area contributed by atoms with Crippen molar-refractivity contribution in [3.8, 4) is 5.75 Å². The molecule has 2 N–H and O–H groups in total. The molecular weight excluding hydrogens is 499 g/mol. The highest BCUT2D eigenvalue weighted by Crippen LogP contribution is 2.50. The van der Waals surface area contributed by atoms with E-state index in [1.807, 2.05) is 0 Å². The molecule has 8 nitrogen and oxygen atoms in total. The number of anilines is 2. The van der Waals surface area contributed by atoms with Crippen LogP contribution < -0.4 is 15.0 Å². The summed E-state index contributed by atoms with van der Waals surface area (Å²) in [6.07, 6.45) is -3.50. The summed E-state index contributed by atoms with van der Waals surface area (Å²) in [6.45, 7) is 1.15. The van der Waals surface area contributed by atoms with Gasteiger partial charge in [-0.1, -0.05) is 0 Å². The summed E-state index contributed by atoms with van der Waals surface area (Å²) in [5.41, 5.74) is -3.07. The number of ether oxygens (including phenoxy) is 2. The molecule has 0 bridgehead atoms. The number of nitrogens with one attached hydrogen (secondary N) is 2. The van der Waals surface area contributed by atoms with Crippen LogP contribution in [-0.4, -0.2) is 59.4 Å². The molecule has 1 saturated heterocycles. The van der Waals surface area contributed by atoms with E-state index in [2.05, 4.69) is 10.3 Å². The van der Waals surface area contributed by atoms with Crippen molar-refractivity contribution in [3.05, 3.63) is 42.1 Å². The van der Waals surface area contributed by atoms with Gasteiger partial charge in [0.1, 0.15) is 11.1 Å². The Bertz CT molecular complexity index is 1240. The van der Waals surface area contributed by atoms with Crippen molar-refractivity contribution in [2.75, 3.05) is 30.7 Å². The van der Waals surface area contributed by atoms with Crippen LogP contribution >= 0.6 is 0 Å². The SMILES string of the molecule is COc1c(N2[C@H](C(=O)Nc3ccnc([S@](C)(=N)=O)c3)C[C@](OC)(C(F)(F)F)[C@H]2C)ccc(F)c1F. The predicted molar refractivity (Wildman–Crippen MR) is 117 cm³/mol. The standard InChI is InChI=1S/C21H23F5N4O4S/c1-11-20(34-3,21(24,25)26)10-15(30(11)14-6-5-13(22)17(23)18(14)33-2)19(31)29-12-7-8-28-16(9-12)35(4,27)32/h5-9,11,15,27H,10H2,1-4H3,(H,28,29,31)/t11-,15+,20-,35-/m1/s1. The van der Waals surface area contributed by atoms with Crippen LogP contribution in [0.15, 0.2) is 35.5 Å². The first-order valence-corrected chi connectivity index (χ1v) is 12.1. The van der Waals surface area contributed by atoms with E-state index in [-0.39, 0.29) is 16.4 Å². The summed E-state index contributed by atoms with van der Waals surface area (Å²) in [5, 5.41) is 2.29. The smallest absolute Gasteiger partial charge is 0.419 e. The fraction of sp³-hybridized carbons (Fsp3) is 0.429. The van der Waals surface area contributed by atoms with Gasteiger partial charge in [0.05, 0.1) is 28.6 Å². The minimum absolute atomic E-state index is 0.0357. The Morgan fingerprint density at radius 1 is 1.29 bits per heavy atom. The van der Waals surface area contributed by atoms with Gasteiger partial charge in [0.15, 0.2) is 17.2 Å². The predicted octanol–water partition coefficient (Wildman–Crippen LogP) is 3.96. The third-order valence-electron chi connectivity index (χ3n) is 5.98. The van der Waals surface area contributed by atoms with Crippen molar-refractivity contribution in [2.24, 2.45) is 0 Å². The van der Waals surface area contributed by atoms with Crippen molar-refractivity contribution in [1.82, 2.24) is 4.98 Å². The van der Waals surface area contributed by atoms with Crippen LogP contribution in [0.2, 0.25) is 0 Å². The summed E-state index contributed by atoms with van der Waals surface area (Å²) in [6, 6.07) is 1.09. The maximum Gasteiger partial charge on any atom is 0.419 e. The van der Waals surface area contributed by atoms with Crippen molar-refractivity contribution in [1.29, 1.82) is 4.78 Å². The van der Waals surface area contributed by atoms with E-state index in [1.54, 1.807) is 0 Å². The van der Waals surface area contributed by atoms with Gasteiger partial charge in [-0.15, -0.1) is 0 Å². The van der Waals surface area contributed by atoms with Gasteiger partial charge < -0.3 is 19.7 Å². The van der Waals surface area contributed by atoms with Crippen molar-refractivity contribution in [2.45, 2.75) is 42.2 Å². The highest BCUT2D eigenvalue weighted by atomic mass is 32.2. The lowest BCUT2D eigenvalue weighted by Crippen LogP contribution is -2.55. The average molecular weight is 522 g/mol. The first-order valence-electron chi connectivity index (χ1n) is 10.1. The Kier molecular flexibility index (Phi) is 7.01. The van der Waals surface area contributed by atoms with E-state index in [9.17, 15) is 31.0 Å². The first-order chi connectivity index (χ1) is 16.2. The second-order valence-electron chi connectivity index (χ2n) is 8.02. The number of carbonyl (C=O) groups is 1. The minimum atomic E-state index is -4.93. The Morgan fingerprint density at radius 3 is 2.49 bits per heavy atom. The maximum absolute atomic E-state index is 14.4.